The minimum atomic E-state index is -4.73. The molecule has 0 radical (unpaired) electrons. The van der Waals surface area contributed by atoms with Crippen LogP contribution < -0.4 is 9.62 Å². The van der Waals surface area contributed by atoms with E-state index in [4.69, 9.17) is 4.74 Å². The molecule has 1 N–H and O–H groups in total. The first-order valence-corrected chi connectivity index (χ1v) is 13.9. The van der Waals surface area contributed by atoms with Crippen LogP contribution in [0.25, 0.3) is 0 Å². The molecule has 0 bridgehead atoms. The van der Waals surface area contributed by atoms with Gasteiger partial charge in [0.1, 0.15) is 6.73 Å². The highest BCUT2D eigenvalue weighted by Crippen LogP contribution is 2.39. The van der Waals surface area contributed by atoms with Crippen molar-refractivity contribution in [1.82, 2.24) is 19.1 Å². The molecule has 36 heavy (non-hydrogen) atoms. The van der Waals surface area contributed by atoms with Gasteiger partial charge >= 0.3 is 16.2 Å². The average molecular weight is 518 g/mol. The number of likely N-dealkylation sites (tertiary alicyclic amines) is 1. The van der Waals surface area contributed by atoms with E-state index in [1.807, 2.05) is 7.05 Å². The van der Waals surface area contributed by atoms with Crippen LogP contribution in [-0.2, 0) is 47.4 Å². The third kappa shape index (κ3) is 4.58. The summed E-state index contributed by atoms with van der Waals surface area (Å²) in [5.74, 6) is 0. The van der Waals surface area contributed by atoms with Crippen LogP contribution in [0.4, 0.5) is 16.2 Å². The lowest BCUT2D eigenvalue weighted by Crippen LogP contribution is -2.52. The van der Waals surface area contributed by atoms with E-state index in [-0.39, 0.29) is 12.4 Å². The summed E-state index contributed by atoms with van der Waals surface area (Å²) < 4.78 is 34.5. The normalized spacial score (nSPS) is 18.2. The van der Waals surface area contributed by atoms with Crippen LogP contribution in [0.2, 0.25) is 0 Å². The zero-order valence-corrected chi connectivity index (χ0v) is 21.6. The Hall–Kier alpha value is -2.67. The van der Waals surface area contributed by atoms with Gasteiger partial charge in [0.05, 0.1) is 18.1 Å². The highest BCUT2D eigenvalue weighted by Gasteiger charge is 2.37. The van der Waals surface area contributed by atoms with E-state index in [2.05, 4.69) is 21.4 Å². The lowest BCUT2D eigenvalue weighted by Gasteiger charge is -2.41. The summed E-state index contributed by atoms with van der Waals surface area (Å²) in [7, 11) is -1.26. The fourth-order valence-electron chi connectivity index (χ4n) is 5.74. The Bertz CT molecular complexity index is 1210. The maximum absolute atomic E-state index is 13.7. The number of hydroxylamine groups is 1. The van der Waals surface area contributed by atoms with Crippen LogP contribution in [0.1, 0.15) is 47.9 Å². The van der Waals surface area contributed by atoms with Gasteiger partial charge in [0.25, 0.3) is 0 Å². The highest BCUT2D eigenvalue weighted by molar-refractivity contribution is 7.91. The number of aryl methyl sites for hydroxylation is 2. The zero-order valence-electron chi connectivity index (χ0n) is 20.8. The second kappa shape index (κ2) is 10.0. The van der Waals surface area contributed by atoms with E-state index in [0.29, 0.717) is 31.6 Å². The second-order valence-corrected chi connectivity index (χ2v) is 11.5. The molecule has 196 valence electrons. The predicted molar refractivity (Wildman–Crippen MR) is 136 cm³/mol. The summed E-state index contributed by atoms with van der Waals surface area (Å²) in [5.41, 5.74) is 5.30. The molecule has 0 spiro atoms. The lowest BCUT2D eigenvalue weighted by atomic mass is 9.99. The third-order valence-corrected chi connectivity index (χ3v) is 9.08. The maximum atomic E-state index is 13.7. The number of carbonyl (C=O) groups is 1. The molecule has 0 saturated carbocycles. The number of hydrogen-bond acceptors (Lipinski definition) is 7. The largest absolute Gasteiger partial charge is 0.740 e. The number of fused-ring (bicyclic) bond motifs is 2. The first-order chi connectivity index (χ1) is 17.3. The molecule has 2 amide bonds. The van der Waals surface area contributed by atoms with Gasteiger partial charge in [0, 0.05) is 18.8 Å². The summed E-state index contributed by atoms with van der Waals surface area (Å²) in [6, 6.07) is 0.554. The average Bonchev–Trinajstić information content (AvgIpc) is 3.61. The zero-order chi connectivity index (χ0) is 25.4. The minimum absolute atomic E-state index is 0.132. The summed E-state index contributed by atoms with van der Waals surface area (Å²) >= 11 is 0. The molecular weight excluding hydrogens is 484 g/mol. The quantitative estimate of drug-likeness (QED) is 0.560. The second-order valence-electron chi connectivity index (χ2n) is 9.89. The molecule has 1 saturated heterocycles. The van der Waals surface area contributed by atoms with Gasteiger partial charge < -0.3 is 20.2 Å². The number of benzene rings is 1. The SMILES string of the molecule is COCn1cc(N(C2CCN(C)CC2)S(=O)(=O)N([O-])C(=O)Nc2c3c(cc4c2CCC4)CCC3)cn1. The highest BCUT2D eigenvalue weighted by atomic mass is 32.2. The van der Waals surface area contributed by atoms with Gasteiger partial charge in [-0.05, 0) is 93.8 Å². The monoisotopic (exact) mass is 517 g/mol. The number of aromatic nitrogens is 2. The lowest BCUT2D eigenvalue weighted by molar-refractivity contribution is 0.120. The van der Waals surface area contributed by atoms with E-state index in [1.54, 1.807) is 0 Å². The number of methoxy groups -OCH3 is 1. The van der Waals surface area contributed by atoms with Crippen molar-refractivity contribution < 1.29 is 17.9 Å². The molecule has 1 aliphatic heterocycles. The van der Waals surface area contributed by atoms with E-state index in [0.717, 1.165) is 54.0 Å². The molecule has 2 aromatic rings. The summed E-state index contributed by atoms with van der Waals surface area (Å²) in [6.07, 6.45) is 9.40. The molecular formula is C24H33N6O5S-. The molecule has 0 unspecified atom stereocenters. The molecule has 2 aliphatic carbocycles. The molecule has 12 heteroatoms. The summed E-state index contributed by atoms with van der Waals surface area (Å²) in [5, 5.41) is 20.1. The van der Waals surface area contributed by atoms with Gasteiger partial charge in [0.2, 0.25) is 0 Å². The number of amides is 2. The summed E-state index contributed by atoms with van der Waals surface area (Å²) in [4.78, 5) is 15.3. The molecule has 1 aromatic heterocycles. The van der Waals surface area contributed by atoms with Crippen molar-refractivity contribution in [3.8, 4) is 0 Å². The maximum Gasteiger partial charge on any atom is 0.326 e. The Labute approximate surface area is 211 Å². The number of nitrogens with zero attached hydrogens (tertiary/aromatic N) is 5. The number of nitrogens with one attached hydrogen (secondary N) is 1. The van der Waals surface area contributed by atoms with Crippen LogP contribution in [-0.4, -0.2) is 66.9 Å². The number of hydrogen-bond donors (Lipinski definition) is 1. The van der Waals surface area contributed by atoms with Crippen LogP contribution in [0.3, 0.4) is 0 Å². The molecule has 2 heterocycles. The van der Waals surface area contributed by atoms with E-state index < -0.39 is 26.8 Å². The molecule has 11 nitrogen and oxygen atoms in total. The van der Waals surface area contributed by atoms with Crippen LogP contribution in [0.5, 0.6) is 0 Å². The van der Waals surface area contributed by atoms with Crippen molar-refractivity contribution in [3.63, 3.8) is 0 Å². The van der Waals surface area contributed by atoms with Crippen molar-refractivity contribution >= 4 is 27.6 Å². The van der Waals surface area contributed by atoms with Crippen molar-refractivity contribution in [2.75, 3.05) is 36.9 Å². The first kappa shape index (κ1) is 25.0. The van der Waals surface area contributed by atoms with Crippen LogP contribution in [0.15, 0.2) is 18.5 Å². The molecule has 0 atom stereocenters. The van der Waals surface area contributed by atoms with Crippen molar-refractivity contribution in [3.05, 3.63) is 45.9 Å². The number of anilines is 2. The van der Waals surface area contributed by atoms with Crippen molar-refractivity contribution in [1.29, 1.82) is 0 Å². The van der Waals surface area contributed by atoms with Gasteiger partial charge in [0.15, 0.2) is 0 Å². The predicted octanol–water partition coefficient (Wildman–Crippen LogP) is 2.64. The van der Waals surface area contributed by atoms with Gasteiger partial charge in [-0.2, -0.15) is 13.5 Å². The van der Waals surface area contributed by atoms with E-state index >= 15 is 0 Å². The van der Waals surface area contributed by atoms with Gasteiger partial charge in [-0.15, -0.1) is 0 Å². The molecule has 3 aliphatic rings. The van der Waals surface area contributed by atoms with Gasteiger partial charge in [-0.1, -0.05) is 6.07 Å². The van der Waals surface area contributed by atoms with Crippen molar-refractivity contribution in [2.45, 2.75) is 64.1 Å². The Morgan fingerprint density at radius 3 is 2.42 bits per heavy atom. The van der Waals surface area contributed by atoms with Gasteiger partial charge in [-0.25, -0.2) is 13.8 Å². The fraction of sp³-hybridized carbons (Fsp3) is 0.583. The van der Waals surface area contributed by atoms with Crippen molar-refractivity contribution in [2.24, 2.45) is 0 Å². The van der Waals surface area contributed by atoms with Crippen LogP contribution >= 0.6 is 0 Å². The van der Waals surface area contributed by atoms with Gasteiger partial charge in [-0.3, -0.25) is 4.47 Å². The topological polar surface area (TPSA) is 123 Å². The molecule has 5 rings (SSSR count). The molecule has 1 aromatic carbocycles. The van der Waals surface area contributed by atoms with E-state index in [9.17, 15) is 18.4 Å². The minimum Gasteiger partial charge on any atom is -0.740 e. The van der Waals surface area contributed by atoms with Crippen LogP contribution in [0, 0.1) is 5.21 Å². The Kier molecular flexibility index (Phi) is 6.95. The first-order valence-electron chi connectivity index (χ1n) is 12.5. The number of rotatable bonds is 7. The number of piperidine rings is 1. The number of carbonyl (C=O) groups excluding carboxylic acids is 1. The number of ether oxygens (including phenoxy) is 1. The molecule has 1 fully saturated rings. The van der Waals surface area contributed by atoms with E-state index in [1.165, 1.54) is 35.3 Å². The Morgan fingerprint density at radius 2 is 1.81 bits per heavy atom. The summed E-state index contributed by atoms with van der Waals surface area (Å²) in [6.45, 7) is 1.49. The standard InChI is InChI=1S/C24H33N6O5S/c1-27-11-9-19(10-12-27)29(20-14-25-28(15-20)16-35-2)36(33,34)30(32)24(31)26-23-21-7-3-5-17(21)13-18-6-4-8-22(18)23/h13-15,19H,3-12,16H2,1-2H3,(H,26,31)/q-1. The fourth-order valence-corrected chi connectivity index (χ4v) is 7.10. The Morgan fingerprint density at radius 1 is 1.17 bits per heavy atom. The third-order valence-electron chi connectivity index (χ3n) is 7.48. The Balaban J connectivity index is 1.44. The number of urea groups is 1. The smallest absolute Gasteiger partial charge is 0.326 e.